The van der Waals surface area contributed by atoms with Gasteiger partial charge in [0.05, 0.1) is 0 Å². The number of halogens is 2. The third-order valence-electron chi connectivity index (χ3n) is 0.0858. The molecular weight excluding hydrogens is 155 g/mol. The van der Waals surface area contributed by atoms with Gasteiger partial charge in [0.25, 0.3) is 5.22 Å². The van der Waals surface area contributed by atoms with Crippen molar-refractivity contribution in [3.63, 3.8) is 0 Å². The van der Waals surface area contributed by atoms with Gasteiger partial charge < -0.3 is 0 Å². The van der Waals surface area contributed by atoms with Crippen LogP contribution in [0.3, 0.4) is 0 Å². The van der Waals surface area contributed by atoms with Gasteiger partial charge in [0.1, 0.15) is 0 Å². The Hall–Kier alpha value is 0.310. The molecule has 1 radical (unpaired) electrons. The summed E-state index contributed by atoms with van der Waals surface area (Å²) in [6.07, 6.45) is 0. The number of rotatable bonds is 0. The Morgan fingerprint density at radius 1 is 2.00 bits per heavy atom. The molecule has 0 aliphatic heterocycles. The van der Waals surface area contributed by atoms with Crippen LogP contribution >= 0.6 is 27.5 Å². The maximum absolute atomic E-state index is 9.48. The molecular formula is C2HBrClO. The lowest BCUT2D eigenvalue weighted by atomic mass is 11.2. The summed E-state index contributed by atoms with van der Waals surface area (Å²) in [4.78, 5) is 1.11. The first kappa shape index (κ1) is 5.31. The topological polar surface area (TPSA) is 19.9 Å². The van der Waals surface area contributed by atoms with Crippen molar-refractivity contribution in [2.75, 3.05) is 0 Å². The Balaban J connectivity index is 3.14. The summed E-state index contributed by atoms with van der Waals surface area (Å²) < 4.78 is 0. The van der Waals surface area contributed by atoms with Gasteiger partial charge in [-0.25, -0.2) is 0 Å². The molecule has 0 aromatic heterocycles. The van der Waals surface area contributed by atoms with E-state index in [0.717, 1.165) is 4.99 Å². The largest absolute Gasteiger partial charge is 0.276 e. The van der Waals surface area contributed by atoms with Crippen LogP contribution in [0.2, 0.25) is 0 Å². The standard InChI is InChI=1S/C2HBrClO/c3-1-2(4)5/h1H/b2-1+. The summed E-state index contributed by atoms with van der Waals surface area (Å²) in [6.45, 7) is 0. The van der Waals surface area contributed by atoms with E-state index in [2.05, 4.69) is 15.9 Å². The fourth-order valence-electron chi connectivity index (χ4n) is 0. The molecule has 0 aliphatic carbocycles. The zero-order valence-electron chi connectivity index (χ0n) is 2.24. The Morgan fingerprint density at radius 2 is 2.20 bits per heavy atom. The molecule has 0 amide bonds. The van der Waals surface area contributed by atoms with Gasteiger partial charge in [0.15, 0.2) is 0 Å². The predicted octanol–water partition coefficient (Wildman–Crippen LogP) is 1.85. The lowest BCUT2D eigenvalue weighted by Crippen LogP contribution is -1.47. The van der Waals surface area contributed by atoms with Crippen molar-refractivity contribution in [2.24, 2.45) is 0 Å². The van der Waals surface area contributed by atoms with Gasteiger partial charge in [-0.05, 0) is 11.6 Å². The summed E-state index contributed by atoms with van der Waals surface area (Å²) in [5, 5.41) is 8.99. The Bertz CT molecular complexity index is 47.6. The Labute approximate surface area is 43.4 Å². The zero-order chi connectivity index (χ0) is 4.28. The lowest BCUT2D eigenvalue weighted by molar-refractivity contribution is 0.334. The maximum Gasteiger partial charge on any atom is 0.252 e. The van der Waals surface area contributed by atoms with Crippen LogP contribution in [0.5, 0.6) is 0 Å². The van der Waals surface area contributed by atoms with Crippen LogP contribution in [0.4, 0.5) is 0 Å². The van der Waals surface area contributed by atoms with Crippen molar-refractivity contribution >= 4 is 27.5 Å². The van der Waals surface area contributed by atoms with Crippen LogP contribution in [0.15, 0.2) is 10.2 Å². The van der Waals surface area contributed by atoms with E-state index < -0.39 is 5.22 Å². The summed E-state index contributed by atoms with van der Waals surface area (Å²) in [5.74, 6) is 0. The predicted molar refractivity (Wildman–Crippen MR) is 23.5 cm³/mol. The van der Waals surface area contributed by atoms with Crippen LogP contribution in [0.1, 0.15) is 0 Å². The molecule has 0 aliphatic rings. The molecule has 0 saturated heterocycles. The van der Waals surface area contributed by atoms with Crippen molar-refractivity contribution in [1.82, 2.24) is 0 Å². The van der Waals surface area contributed by atoms with E-state index in [-0.39, 0.29) is 0 Å². The van der Waals surface area contributed by atoms with Crippen LogP contribution in [-0.2, 0) is 5.11 Å². The molecule has 0 unspecified atom stereocenters. The maximum atomic E-state index is 9.48. The highest BCUT2D eigenvalue weighted by atomic mass is 79.9. The highest BCUT2D eigenvalue weighted by molar-refractivity contribution is 9.11. The minimum atomic E-state index is -0.481. The van der Waals surface area contributed by atoms with Crippen LogP contribution in [0, 0.1) is 0 Å². The van der Waals surface area contributed by atoms with Gasteiger partial charge in [-0.3, -0.25) is 5.11 Å². The molecule has 0 rings (SSSR count). The van der Waals surface area contributed by atoms with E-state index in [0.29, 0.717) is 0 Å². The zero-order valence-corrected chi connectivity index (χ0v) is 4.58. The molecule has 29 valence electrons. The van der Waals surface area contributed by atoms with Gasteiger partial charge in [0.2, 0.25) is 0 Å². The molecule has 0 N–H and O–H groups in total. The lowest BCUT2D eigenvalue weighted by Gasteiger charge is -1.62. The van der Waals surface area contributed by atoms with Gasteiger partial charge in [-0.15, -0.1) is 0 Å². The molecule has 0 aromatic rings. The van der Waals surface area contributed by atoms with Gasteiger partial charge in [0, 0.05) is 4.99 Å². The molecule has 0 fully saturated rings. The average molecular weight is 156 g/mol. The van der Waals surface area contributed by atoms with Crippen molar-refractivity contribution in [3.05, 3.63) is 10.2 Å². The summed E-state index contributed by atoms with van der Waals surface area (Å²) in [7, 11) is 0. The monoisotopic (exact) mass is 155 g/mol. The fourth-order valence-corrected chi connectivity index (χ4v) is 0. The smallest absolute Gasteiger partial charge is 0.252 e. The first-order valence-corrected chi connectivity index (χ1v) is 2.19. The van der Waals surface area contributed by atoms with Crippen molar-refractivity contribution in [1.29, 1.82) is 0 Å². The molecule has 0 saturated carbocycles. The SMILES string of the molecule is [O]/C(Cl)=C/Br. The Morgan fingerprint density at radius 3 is 2.20 bits per heavy atom. The molecule has 0 atom stereocenters. The normalized spacial score (nSPS) is 12.0. The molecule has 3 heteroatoms. The molecule has 0 bridgehead atoms. The second-order valence-corrected chi connectivity index (χ2v) is 1.24. The number of hydrogen-bond acceptors (Lipinski definition) is 0. The van der Waals surface area contributed by atoms with E-state index in [4.69, 9.17) is 11.6 Å². The quantitative estimate of drug-likeness (QED) is 0.477. The number of hydrogen-bond donors (Lipinski definition) is 0. The van der Waals surface area contributed by atoms with E-state index >= 15 is 0 Å². The molecule has 0 spiro atoms. The highest BCUT2D eigenvalue weighted by Crippen LogP contribution is 1.97. The minimum Gasteiger partial charge on any atom is -0.276 e. The first-order valence-electron chi connectivity index (χ1n) is 0.900. The fraction of sp³-hybridized carbons (Fsp3) is 0. The second-order valence-electron chi connectivity index (χ2n) is 0.413. The third-order valence-corrected chi connectivity index (χ3v) is 0.874. The molecule has 0 aromatic carbocycles. The van der Waals surface area contributed by atoms with E-state index in [1.807, 2.05) is 0 Å². The summed E-state index contributed by atoms with van der Waals surface area (Å²) in [6, 6.07) is 0. The van der Waals surface area contributed by atoms with E-state index in [9.17, 15) is 5.11 Å². The van der Waals surface area contributed by atoms with Gasteiger partial charge >= 0.3 is 0 Å². The molecule has 5 heavy (non-hydrogen) atoms. The van der Waals surface area contributed by atoms with Crippen molar-refractivity contribution in [3.8, 4) is 0 Å². The van der Waals surface area contributed by atoms with Gasteiger partial charge in [-0.2, -0.15) is 0 Å². The third kappa shape index (κ3) is 4.31. The Kier molecular flexibility index (Phi) is 2.70. The summed E-state index contributed by atoms with van der Waals surface area (Å²) >= 11 is 7.43. The minimum absolute atomic E-state index is 0.481. The molecule has 1 nitrogen and oxygen atoms in total. The van der Waals surface area contributed by atoms with E-state index in [1.54, 1.807) is 0 Å². The van der Waals surface area contributed by atoms with E-state index in [1.165, 1.54) is 0 Å². The highest BCUT2D eigenvalue weighted by Gasteiger charge is 1.75. The molecule has 0 heterocycles. The van der Waals surface area contributed by atoms with Crippen LogP contribution in [0.25, 0.3) is 0 Å². The van der Waals surface area contributed by atoms with Gasteiger partial charge in [-0.1, -0.05) is 15.9 Å². The van der Waals surface area contributed by atoms with Crippen molar-refractivity contribution in [2.45, 2.75) is 0 Å². The average Bonchev–Trinajstić information content (AvgIpc) is 1.38. The first-order chi connectivity index (χ1) is 2.27. The van der Waals surface area contributed by atoms with Crippen molar-refractivity contribution < 1.29 is 5.11 Å². The second kappa shape index (κ2) is 2.54. The summed E-state index contributed by atoms with van der Waals surface area (Å²) in [5.41, 5.74) is 0. The van der Waals surface area contributed by atoms with Crippen LogP contribution in [-0.4, -0.2) is 0 Å². The van der Waals surface area contributed by atoms with Crippen LogP contribution < -0.4 is 0 Å².